The van der Waals surface area contributed by atoms with Gasteiger partial charge >= 0.3 is 0 Å². The molecule has 0 aromatic heterocycles. The number of amides is 1. The molecule has 1 amide bonds. The Balaban J connectivity index is 1.60. The van der Waals surface area contributed by atoms with E-state index >= 15 is 0 Å². The van der Waals surface area contributed by atoms with Crippen LogP contribution in [0.2, 0.25) is 0 Å². The third-order valence-electron chi connectivity index (χ3n) is 5.35. The molecule has 0 spiro atoms. The number of anilines is 1. The summed E-state index contributed by atoms with van der Waals surface area (Å²) in [5.74, 6) is -0.348. The van der Waals surface area contributed by atoms with Gasteiger partial charge in [0.25, 0.3) is 0 Å². The van der Waals surface area contributed by atoms with E-state index < -0.39 is 10.0 Å². The van der Waals surface area contributed by atoms with Crippen LogP contribution in [0.3, 0.4) is 0 Å². The Morgan fingerprint density at radius 2 is 1.55 bits per heavy atom. The Labute approximate surface area is 184 Å². The number of likely N-dealkylation sites (N-methyl/N-ethyl adjacent to an activating group) is 1. The molecule has 0 radical (unpaired) electrons. The van der Waals surface area contributed by atoms with Crippen LogP contribution >= 0.6 is 0 Å². The Kier molecular flexibility index (Phi) is 7.30. The van der Waals surface area contributed by atoms with Gasteiger partial charge in [0.05, 0.1) is 11.4 Å². The zero-order valence-electron chi connectivity index (χ0n) is 18.2. The van der Waals surface area contributed by atoms with Crippen molar-refractivity contribution >= 4 is 32.4 Å². The fraction of sp³-hybridized carbons (Fsp3) is 0.292. The highest BCUT2D eigenvalue weighted by atomic mass is 32.2. The zero-order valence-corrected chi connectivity index (χ0v) is 19.0. The van der Waals surface area contributed by atoms with Crippen molar-refractivity contribution in [2.75, 3.05) is 31.6 Å². The van der Waals surface area contributed by atoms with Crippen LogP contribution in [0.4, 0.5) is 5.69 Å². The molecule has 0 aliphatic rings. The molecule has 0 atom stereocenters. The lowest BCUT2D eigenvalue weighted by Crippen LogP contribution is -2.38. The Hall–Kier alpha value is -2.90. The van der Waals surface area contributed by atoms with E-state index in [1.54, 1.807) is 18.2 Å². The second-order valence-electron chi connectivity index (χ2n) is 7.39. The molecule has 0 bridgehead atoms. The van der Waals surface area contributed by atoms with Crippen molar-refractivity contribution in [1.29, 1.82) is 0 Å². The average molecular weight is 440 g/mol. The minimum absolute atomic E-state index is 0.175. The number of hydrogen-bond acceptors (Lipinski definition) is 4. The minimum atomic E-state index is -3.76. The Bertz CT molecular complexity index is 1140. The number of sulfonamides is 1. The molecule has 0 fully saturated rings. The summed E-state index contributed by atoms with van der Waals surface area (Å²) in [6.07, 6.45) is 0. The average Bonchev–Trinajstić information content (AvgIpc) is 2.79. The van der Waals surface area contributed by atoms with E-state index in [1.165, 1.54) is 7.05 Å². The van der Waals surface area contributed by atoms with Crippen LogP contribution in [0.25, 0.3) is 10.8 Å². The summed E-state index contributed by atoms with van der Waals surface area (Å²) in [7, 11) is -2.34. The van der Waals surface area contributed by atoms with Crippen LogP contribution in [0.15, 0.2) is 71.6 Å². The lowest BCUT2D eigenvalue weighted by atomic mass is 10.1. The predicted octanol–water partition coefficient (Wildman–Crippen LogP) is 3.62. The predicted molar refractivity (Wildman–Crippen MR) is 126 cm³/mol. The van der Waals surface area contributed by atoms with E-state index in [2.05, 4.69) is 24.1 Å². The molecule has 3 aromatic carbocycles. The van der Waals surface area contributed by atoms with Gasteiger partial charge < -0.3 is 10.2 Å². The van der Waals surface area contributed by atoms with E-state index in [1.807, 2.05) is 48.5 Å². The molecule has 6 nitrogen and oxygen atoms in total. The lowest BCUT2D eigenvalue weighted by Gasteiger charge is -2.21. The molecule has 3 aromatic rings. The maximum Gasteiger partial charge on any atom is 0.243 e. The van der Waals surface area contributed by atoms with Crippen LogP contribution in [-0.2, 0) is 21.4 Å². The molecule has 0 saturated carbocycles. The molecule has 7 heteroatoms. The van der Waals surface area contributed by atoms with Gasteiger partial charge in [0.1, 0.15) is 0 Å². The molecule has 164 valence electrons. The third kappa shape index (κ3) is 5.42. The Morgan fingerprint density at radius 1 is 0.903 bits per heavy atom. The monoisotopic (exact) mass is 439 g/mol. The first-order valence-electron chi connectivity index (χ1n) is 10.4. The first kappa shape index (κ1) is 22.8. The lowest BCUT2D eigenvalue weighted by molar-refractivity contribution is -0.121. The van der Waals surface area contributed by atoms with Crippen LogP contribution in [0.1, 0.15) is 19.4 Å². The first-order chi connectivity index (χ1) is 14.8. The number of fused-ring (bicyclic) bond motifs is 1. The summed E-state index contributed by atoms with van der Waals surface area (Å²) >= 11 is 0. The standard InChI is InChI=1S/C24H29N3O3S/c1-4-27(5-2)22-13-10-19(11-14-22)17-25-24(28)18-26(3)31(29,30)23-15-12-20-8-6-7-9-21(20)16-23/h6-16H,4-5,17-18H2,1-3H3,(H,25,28). The summed E-state index contributed by atoms with van der Waals surface area (Å²) in [6.45, 7) is 6.20. The largest absolute Gasteiger partial charge is 0.372 e. The van der Waals surface area contributed by atoms with Crippen molar-refractivity contribution in [3.05, 3.63) is 72.3 Å². The number of nitrogens with one attached hydrogen (secondary N) is 1. The smallest absolute Gasteiger partial charge is 0.243 e. The highest BCUT2D eigenvalue weighted by Crippen LogP contribution is 2.21. The summed E-state index contributed by atoms with van der Waals surface area (Å²) in [5, 5.41) is 4.61. The van der Waals surface area contributed by atoms with E-state index in [-0.39, 0.29) is 17.3 Å². The van der Waals surface area contributed by atoms with Gasteiger partial charge in [0.2, 0.25) is 15.9 Å². The van der Waals surface area contributed by atoms with E-state index in [9.17, 15) is 13.2 Å². The fourth-order valence-electron chi connectivity index (χ4n) is 3.46. The molecule has 0 heterocycles. The molecule has 31 heavy (non-hydrogen) atoms. The van der Waals surface area contributed by atoms with E-state index in [4.69, 9.17) is 0 Å². The normalized spacial score (nSPS) is 11.6. The van der Waals surface area contributed by atoms with Gasteiger partial charge in [0.15, 0.2) is 0 Å². The maximum absolute atomic E-state index is 12.9. The van der Waals surface area contributed by atoms with Crippen LogP contribution in [-0.4, -0.2) is 45.3 Å². The summed E-state index contributed by atoms with van der Waals surface area (Å²) < 4.78 is 26.8. The van der Waals surface area contributed by atoms with Crippen LogP contribution in [0.5, 0.6) is 0 Å². The number of carbonyl (C=O) groups is 1. The third-order valence-corrected chi connectivity index (χ3v) is 7.15. The number of carbonyl (C=O) groups excluding carboxylic acids is 1. The highest BCUT2D eigenvalue weighted by Gasteiger charge is 2.23. The number of rotatable bonds is 9. The topological polar surface area (TPSA) is 69.7 Å². The molecule has 1 N–H and O–H groups in total. The molecular formula is C24H29N3O3S. The van der Waals surface area contributed by atoms with Gasteiger partial charge in [-0.15, -0.1) is 0 Å². The molecule has 3 rings (SSSR count). The zero-order chi connectivity index (χ0) is 22.4. The summed E-state index contributed by atoms with van der Waals surface area (Å²) in [4.78, 5) is 14.8. The summed E-state index contributed by atoms with van der Waals surface area (Å²) in [5.41, 5.74) is 2.10. The van der Waals surface area contributed by atoms with Gasteiger partial charge in [-0.3, -0.25) is 4.79 Å². The second kappa shape index (κ2) is 9.94. The van der Waals surface area contributed by atoms with Gasteiger partial charge in [-0.1, -0.05) is 42.5 Å². The highest BCUT2D eigenvalue weighted by molar-refractivity contribution is 7.89. The van der Waals surface area contributed by atoms with Gasteiger partial charge in [-0.2, -0.15) is 4.31 Å². The van der Waals surface area contributed by atoms with Crippen LogP contribution < -0.4 is 10.2 Å². The van der Waals surface area contributed by atoms with Crippen molar-refractivity contribution in [2.45, 2.75) is 25.3 Å². The van der Waals surface area contributed by atoms with Crippen LogP contribution in [0, 0.1) is 0 Å². The molecule has 0 unspecified atom stereocenters. The number of hydrogen-bond donors (Lipinski definition) is 1. The molecule has 0 saturated heterocycles. The molecule has 0 aliphatic carbocycles. The van der Waals surface area contributed by atoms with Gasteiger partial charge in [-0.05, 0) is 54.4 Å². The van der Waals surface area contributed by atoms with Crippen molar-refractivity contribution < 1.29 is 13.2 Å². The summed E-state index contributed by atoms with van der Waals surface area (Å²) in [6, 6.07) is 20.6. The SMILES string of the molecule is CCN(CC)c1ccc(CNC(=O)CN(C)S(=O)(=O)c2ccc3ccccc3c2)cc1. The maximum atomic E-state index is 12.9. The van der Waals surface area contributed by atoms with Crippen molar-refractivity contribution in [1.82, 2.24) is 9.62 Å². The Morgan fingerprint density at radius 3 is 2.19 bits per heavy atom. The van der Waals surface area contributed by atoms with Gasteiger partial charge in [0, 0.05) is 32.4 Å². The molecule has 0 aliphatic heterocycles. The minimum Gasteiger partial charge on any atom is -0.372 e. The van der Waals surface area contributed by atoms with E-state index in [0.29, 0.717) is 6.54 Å². The first-order valence-corrected chi connectivity index (χ1v) is 11.8. The van der Waals surface area contributed by atoms with E-state index in [0.717, 1.165) is 39.4 Å². The van der Waals surface area contributed by atoms with Crippen molar-refractivity contribution in [3.8, 4) is 0 Å². The fourth-order valence-corrected chi connectivity index (χ4v) is 4.63. The quantitative estimate of drug-likeness (QED) is 0.553. The number of nitrogens with zero attached hydrogens (tertiary/aromatic N) is 2. The van der Waals surface area contributed by atoms with Crippen molar-refractivity contribution in [3.63, 3.8) is 0 Å². The second-order valence-corrected chi connectivity index (χ2v) is 9.43. The van der Waals surface area contributed by atoms with Crippen molar-refractivity contribution in [2.24, 2.45) is 0 Å². The molecular weight excluding hydrogens is 410 g/mol. The number of benzene rings is 3. The van der Waals surface area contributed by atoms with Gasteiger partial charge in [-0.25, -0.2) is 8.42 Å².